The van der Waals surface area contributed by atoms with Gasteiger partial charge in [0.05, 0.1) is 29.5 Å². The van der Waals surface area contributed by atoms with Crippen LogP contribution in [0.2, 0.25) is 0 Å². The average molecular weight is 459 g/mol. The highest BCUT2D eigenvalue weighted by atomic mass is 16.5. The second-order valence-electron chi connectivity index (χ2n) is 8.23. The molecule has 0 saturated heterocycles. The topological polar surface area (TPSA) is 151 Å². The summed E-state index contributed by atoms with van der Waals surface area (Å²) in [5, 5.41) is 34.1. The molecule has 3 aromatic heterocycles. The first-order valence-corrected chi connectivity index (χ1v) is 10.6. The van der Waals surface area contributed by atoms with Gasteiger partial charge in [-0.15, -0.1) is 10.2 Å². The predicted molar refractivity (Wildman–Crippen MR) is 124 cm³/mol. The van der Waals surface area contributed by atoms with Gasteiger partial charge in [-0.25, -0.2) is 9.97 Å². The molecule has 172 valence electrons. The second-order valence-corrected chi connectivity index (χ2v) is 8.23. The first-order valence-electron chi connectivity index (χ1n) is 10.6. The van der Waals surface area contributed by atoms with E-state index in [1.165, 1.54) is 6.39 Å². The van der Waals surface area contributed by atoms with Crippen LogP contribution < -0.4 is 16.1 Å². The van der Waals surface area contributed by atoms with Crippen molar-refractivity contribution in [2.24, 2.45) is 0 Å². The lowest BCUT2D eigenvalue weighted by molar-refractivity contribution is 0.0970. The molecule has 0 radical (unpaired) electrons. The molecule has 0 spiro atoms. The van der Waals surface area contributed by atoms with Gasteiger partial charge < -0.3 is 29.8 Å². The van der Waals surface area contributed by atoms with E-state index in [-0.39, 0.29) is 18.4 Å². The molecule has 34 heavy (non-hydrogen) atoms. The van der Waals surface area contributed by atoms with Crippen molar-refractivity contribution in [3.05, 3.63) is 66.3 Å². The zero-order valence-corrected chi connectivity index (χ0v) is 18.5. The molecule has 4 N–H and O–H groups in total. The van der Waals surface area contributed by atoms with Crippen LogP contribution in [0.4, 0.5) is 17.6 Å². The molecule has 11 nitrogen and oxygen atoms in total. The summed E-state index contributed by atoms with van der Waals surface area (Å²) >= 11 is 0. The zero-order chi connectivity index (χ0) is 23.7. The predicted octanol–water partition coefficient (Wildman–Crippen LogP) is 1.76. The van der Waals surface area contributed by atoms with Crippen LogP contribution in [0, 0.1) is 0 Å². The summed E-state index contributed by atoms with van der Waals surface area (Å²) in [6.07, 6.45) is 2.77. The maximum atomic E-state index is 10.1. The highest BCUT2D eigenvalue weighted by molar-refractivity contribution is 6.61. The Morgan fingerprint density at radius 3 is 2.68 bits per heavy atom. The Morgan fingerprint density at radius 1 is 1.12 bits per heavy atom. The molecule has 5 rings (SSSR count). The summed E-state index contributed by atoms with van der Waals surface area (Å²) < 4.78 is 10.9. The highest BCUT2D eigenvalue weighted by Gasteiger charge is 2.42. The molecule has 0 amide bonds. The molecule has 0 unspecified atom stereocenters. The third kappa shape index (κ3) is 4.21. The summed E-state index contributed by atoms with van der Waals surface area (Å²) in [7, 11) is -1.01. The molecule has 0 aliphatic carbocycles. The second kappa shape index (κ2) is 8.82. The van der Waals surface area contributed by atoms with Gasteiger partial charge in [-0.05, 0) is 25.5 Å². The van der Waals surface area contributed by atoms with Crippen LogP contribution in [0.1, 0.15) is 31.1 Å². The van der Waals surface area contributed by atoms with E-state index in [9.17, 15) is 10.1 Å². The quantitative estimate of drug-likeness (QED) is 0.299. The standard InChI is InChI=1S/C22H22BN7O4/c1-22(2)18-15(23(32)34-22)8-9-17(27-18)28-21-24-10-14(20-30-25-12-33-20)19(29-21)26-16(11-31)13-6-4-3-5-7-13/h3-10,12,16,31-32H,11H2,1-2H3,(H2,24,26,27,28,29)/t16-/m1/s1. The number of aliphatic hydroxyl groups excluding tert-OH is 1. The van der Waals surface area contributed by atoms with E-state index >= 15 is 0 Å². The zero-order valence-electron chi connectivity index (χ0n) is 18.5. The van der Waals surface area contributed by atoms with Crippen molar-refractivity contribution < 1.29 is 19.2 Å². The summed E-state index contributed by atoms with van der Waals surface area (Å²) in [6, 6.07) is 12.6. The van der Waals surface area contributed by atoms with Crippen molar-refractivity contribution in [1.29, 1.82) is 0 Å². The first kappa shape index (κ1) is 22.0. The van der Waals surface area contributed by atoms with Gasteiger partial charge in [-0.2, -0.15) is 4.98 Å². The highest BCUT2D eigenvalue weighted by Crippen LogP contribution is 2.31. The Labute approximate surface area is 195 Å². The minimum atomic E-state index is -1.01. The van der Waals surface area contributed by atoms with Crippen LogP contribution in [0.25, 0.3) is 11.5 Å². The summed E-state index contributed by atoms with van der Waals surface area (Å²) in [5.41, 5.74) is 1.90. The van der Waals surface area contributed by atoms with Crippen molar-refractivity contribution in [3.8, 4) is 11.5 Å². The number of benzene rings is 1. The van der Waals surface area contributed by atoms with Gasteiger partial charge in [0.15, 0.2) is 0 Å². The number of aliphatic hydroxyl groups is 1. The van der Waals surface area contributed by atoms with Gasteiger partial charge >= 0.3 is 7.12 Å². The van der Waals surface area contributed by atoms with E-state index < -0.39 is 18.8 Å². The summed E-state index contributed by atoms with van der Waals surface area (Å²) in [6.45, 7) is 3.52. The third-order valence-electron chi connectivity index (χ3n) is 5.48. The lowest BCUT2D eigenvalue weighted by Gasteiger charge is -2.20. The van der Waals surface area contributed by atoms with Crippen LogP contribution >= 0.6 is 0 Å². The average Bonchev–Trinajstić information content (AvgIpc) is 3.44. The van der Waals surface area contributed by atoms with Crippen LogP contribution in [-0.4, -0.2) is 49.0 Å². The van der Waals surface area contributed by atoms with E-state index in [0.29, 0.717) is 28.4 Å². The monoisotopic (exact) mass is 459 g/mol. The number of fused-ring (bicyclic) bond motifs is 1. The Morgan fingerprint density at radius 2 is 1.94 bits per heavy atom. The molecule has 1 aromatic carbocycles. The van der Waals surface area contributed by atoms with Crippen LogP contribution in [0.15, 0.2) is 59.5 Å². The van der Waals surface area contributed by atoms with E-state index in [1.807, 2.05) is 44.2 Å². The Balaban J connectivity index is 1.48. The van der Waals surface area contributed by atoms with Crippen molar-refractivity contribution in [2.45, 2.75) is 25.5 Å². The molecule has 1 atom stereocenters. The SMILES string of the molecule is CC1(C)OB(O)c2ccc(Nc3ncc(-c4nnco4)c(N[C@H](CO)c4ccccc4)n3)nc21. The van der Waals surface area contributed by atoms with Crippen LogP contribution in [0.5, 0.6) is 0 Å². The number of nitrogens with zero attached hydrogens (tertiary/aromatic N) is 5. The van der Waals surface area contributed by atoms with Crippen LogP contribution in [-0.2, 0) is 10.3 Å². The minimum Gasteiger partial charge on any atom is -0.423 e. The number of nitrogens with one attached hydrogen (secondary N) is 2. The molecule has 0 bridgehead atoms. The Hall–Kier alpha value is -3.87. The number of rotatable bonds is 7. The smallest absolute Gasteiger partial charge is 0.423 e. The number of hydrogen-bond donors (Lipinski definition) is 4. The largest absolute Gasteiger partial charge is 0.493 e. The van der Waals surface area contributed by atoms with Crippen molar-refractivity contribution in [2.75, 3.05) is 17.2 Å². The Kier molecular flexibility index (Phi) is 5.69. The van der Waals surface area contributed by atoms with Gasteiger partial charge in [0.2, 0.25) is 12.3 Å². The van der Waals surface area contributed by atoms with Crippen molar-refractivity contribution in [1.82, 2.24) is 25.1 Å². The van der Waals surface area contributed by atoms with E-state index in [1.54, 1.807) is 18.3 Å². The van der Waals surface area contributed by atoms with Crippen molar-refractivity contribution in [3.63, 3.8) is 0 Å². The molecule has 1 aliphatic heterocycles. The van der Waals surface area contributed by atoms with Gasteiger partial charge in [-0.1, -0.05) is 36.4 Å². The first-order chi connectivity index (χ1) is 16.4. The lowest BCUT2D eigenvalue weighted by atomic mass is 9.80. The number of anilines is 3. The fourth-order valence-electron chi connectivity index (χ4n) is 3.82. The molecule has 0 fully saturated rings. The maximum Gasteiger partial charge on any atom is 0.493 e. The minimum absolute atomic E-state index is 0.163. The number of pyridine rings is 1. The number of aromatic nitrogens is 5. The molecule has 4 heterocycles. The molecule has 4 aromatic rings. The van der Waals surface area contributed by atoms with E-state index in [4.69, 9.17) is 9.07 Å². The van der Waals surface area contributed by atoms with E-state index in [0.717, 1.165) is 5.56 Å². The van der Waals surface area contributed by atoms with Gasteiger partial charge in [-0.3, -0.25) is 0 Å². The third-order valence-corrected chi connectivity index (χ3v) is 5.48. The molecular formula is C22H22BN7O4. The molecule has 1 aliphatic rings. The fraction of sp³-hybridized carbons (Fsp3) is 0.227. The van der Waals surface area contributed by atoms with Gasteiger partial charge in [0.1, 0.15) is 11.6 Å². The number of hydrogen-bond acceptors (Lipinski definition) is 11. The molecular weight excluding hydrogens is 437 g/mol. The maximum absolute atomic E-state index is 10.1. The molecule has 0 saturated carbocycles. The fourth-order valence-corrected chi connectivity index (χ4v) is 3.82. The Bertz CT molecular complexity index is 1290. The normalized spacial score (nSPS) is 15.1. The van der Waals surface area contributed by atoms with Crippen molar-refractivity contribution >= 4 is 30.2 Å². The molecule has 12 heteroatoms. The van der Waals surface area contributed by atoms with E-state index in [2.05, 4.69) is 35.8 Å². The summed E-state index contributed by atoms with van der Waals surface area (Å²) in [5.74, 6) is 1.38. The lowest BCUT2D eigenvalue weighted by Crippen LogP contribution is -2.28. The van der Waals surface area contributed by atoms with Crippen LogP contribution in [0.3, 0.4) is 0 Å². The van der Waals surface area contributed by atoms with Gasteiger partial charge in [0, 0.05) is 11.7 Å². The summed E-state index contributed by atoms with van der Waals surface area (Å²) in [4.78, 5) is 13.6. The van der Waals surface area contributed by atoms with Gasteiger partial charge in [0.25, 0.3) is 5.89 Å².